The van der Waals surface area contributed by atoms with Crippen molar-refractivity contribution in [2.24, 2.45) is 0 Å². The average Bonchev–Trinajstić information content (AvgIpc) is 2.62. The molecule has 0 spiro atoms. The smallest absolute Gasteiger partial charge is 0.321 e. The van der Waals surface area contributed by atoms with Gasteiger partial charge in [0.05, 0.1) is 6.54 Å². The van der Waals surface area contributed by atoms with Crippen LogP contribution in [0.15, 0.2) is 24.3 Å². The van der Waals surface area contributed by atoms with Crippen molar-refractivity contribution in [3.63, 3.8) is 0 Å². The third-order valence-electron chi connectivity index (χ3n) is 5.13. The molecule has 1 aliphatic heterocycles. The number of rotatable bonds is 4. The van der Waals surface area contributed by atoms with Gasteiger partial charge in [-0.25, -0.2) is 9.18 Å². The van der Waals surface area contributed by atoms with Gasteiger partial charge in [0, 0.05) is 31.7 Å². The molecule has 2 aliphatic rings. The van der Waals surface area contributed by atoms with Crippen LogP contribution in [0, 0.1) is 5.82 Å². The summed E-state index contributed by atoms with van der Waals surface area (Å²) in [5.41, 5.74) is 0.830. The summed E-state index contributed by atoms with van der Waals surface area (Å²) in [6, 6.07) is 6.10. The van der Waals surface area contributed by atoms with Crippen LogP contribution in [0.4, 0.5) is 9.18 Å². The third-order valence-corrected chi connectivity index (χ3v) is 5.13. The molecule has 0 aromatic heterocycles. The molecule has 3 rings (SSSR count). The fraction of sp³-hybridized carbons (Fsp3) is 0.579. The Bertz CT molecular complexity index is 634. The molecule has 1 heterocycles. The first kappa shape index (κ1) is 18.8. The molecule has 3 amide bonds. The predicted octanol–water partition coefficient (Wildman–Crippen LogP) is 1.93. The minimum Gasteiger partial charge on any atom is -0.335 e. The maximum Gasteiger partial charge on any atom is 0.321 e. The normalized spacial score (nSPS) is 22.0. The third kappa shape index (κ3) is 5.25. The van der Waals surface area contributed by atoms with Crippen LogP contribution in [-0.2, 0) is 4.79 Å². The van der Waals surface area contributed by atoms with Gasteiger partial charge in [-0.05, 0) is 30.5 Å². The Hall–Kier alpha value is -1.99. The molecule has 1 atom stereocenters. The van der Waals surface area contributed by atoms with Crippen molar-refractivity contribution < 1.29 is 14.0 Å². The summed E-state index contributed by atoms with van der Waals surface area (Å²) in [5, 5.41) is 8.59. The van der Waals surface area contributed by atoms with E-state index in [0.717, 1.165) is 37.8 Å². The highest BCUT2D eigenvalue weighted by Gasteiger charge is 2.26. The summed E-state index contributed by atoms with van der Waals surface area (Å²) in [4.78, 5) is 26.3. The van der Waals surface area contributed by atoms with Crippen LogP contribution >= 0.6 is 0 Å². The zero-order valence-electron chi connectivity index (χ0n) is 15.0. The van der Waals surface area contributed by atoms with Crippen molar-refractivity contribution in [1.82, 2.24) is 20.9 Å². The number of amides is 3. The minimum absolute atomic E-state index is 0.0911. The van der Waals surface area contributed by atoms with Crippen molar-refractivity contribution in [2.75, 3.05) is 26.2 Å². The molecule has 1 saturated carbocycles. The summed E-state index contributed by atoms with van der Waals surface area (Å²) >= 11 is 0. The van der Waals surface area contributed by atoms with Gasteiger partial charge in [-0.2, -0.15) is 0 Å². The molecule has 0 bridgehead atoms. The summed E-state index contributed by atoms with van der Waals surface area (Å²) in [5.74, 6) is -0.619. The number of imide groups is 1. The first-order valence-electron chi connectivity index (χ1n) is 9.42. The Morgan fingerprint density at radius 3 is 2.81 bits per heavy atom. The molecule has 1 aromatic rings. The maximum absolute atomic E-state index is 13.5. The van der Waals surface area contributed by atoms with Crippen LogP contribution < -0.4 is 16.0 Å². The highest BCUT2D eigenvalue weighted by molar-refractivity contribution is 5.95. The van der Waals surface area contributed by atoms with Crippen LogP contribution in [0.1, 0.15) is 43.7 Å². The Balaban J connectivity index is 1.53. The average molecular weight is 362 g/mol. The maximum atomic E-state index is 13.5. The number of benzene rings is 1. The lowest BCUT2D eigenvalue weighted by atomic mass is 9.96. The molecule has 1 aromatic carbocycles. The number of nitrogens with one attached hydrogen (secondary N) is 3. The number of hydrogen-bond donors (Lipinski definition) is 3. The molecule has 1 unspecified atom stereocenters. The molecular formula is C19H27FN4O2. The van der Waals surface area contributed by atoms with Gasteiger partial charge in [0.25, 0.3) is 0 Å². The van der Waals surface area contributed by atoms with Gasteiger partial charge in [-0.15, -0.1) is 0 Å². The second-order valence-corrected chi connectivity index (χ2v) is 7.10. The molecular weight excluding hydrogens is 335 g/mol. The molecule has 2 fully saturated rings. The van der Waals surface area contributed by atoms with Gasteiger partial charge in [0.2, 0.25) is 5.91 Å². The molecule has 3 N–H and O–H groups in total. The van der Waals surface area contributed by atoms with Crippen molar-refractivity contribution in [3.05, 3.63) is 35.6 Å². The summed E-state index contributed by atoms with van der Waals surface area (Å²) < 4.78 is 13.5. The lowest BCUT2D eigenvalue weighted by Crippen LogP contribution is -2.52. The standard InChI is InChI=1S/C19H27FN4O2/c20-15-6-4-5-14(11-15)17-12-21-9-10-24(17)13-18(25)23-19(26)22-16-7-2-1-3-8-16/h4-6,11,16-17,21H,1-3,7-10,12-13H2,(H2,22,23,25,26). The highest BCUT2D eigenvalue weighted by Crippen LogP contribution is 2.22. The highest BCUT2D eigenvalue weighted by atomic mass is 19.1. The van der Waals surface area contributed by atoms with E-state index in [2.05, 4.69) is 16.0 Å². The van der Waals surface area contributed by atoms with E-state index >= 15 is 0 Å². The molecule has 142 valence electrons. The van der Waals surface area contributed by atoms with Crippen molar-refractivity contribution >= 4 is 11.9 Å². The van der Waals surface area contributed by atoms with E-state index in [1.807, 2.05) is 11.0 Å². The molecule has 7 heteroatoms. The monoisotopic (exact) mass is 362 g/mol. The zero-order chi connectivity index (χ0) is 18.4. The van der Waals surface area contributed by atoms with E-state index in [1.54, 1.807) is 6.07 Å². The first-order valence-corrected chi connectivity index (χ1v) is 9.42. The number of hydrogen-bond acceptors (Lipinski definition) is 4. The fourth-order valence-corrected chi connectivity index (χ4v) is 3.80. The molecule has 6 nitrogen and oxygen atoms in total. The Morgan fingerprint density at radius 1 is 1.23 bits per heavy atom. The largest absolute Gasteiger partial charge is 0.335 e. The number of carbonyl (C=O) groups is 2. The topological polar surface area (TPSA) is 73.5 Å². The van der Waals surface area contributed by atoms with Crippen LogP contribution in [0.25, 0.3) is 0 Å². The second-order valence-electron chi connectivity index (χ2n) is 7.10. The van der Waals surface area contributed by atoms with Gasteiger partial charge in [0.15, 0.2) is 0 Å². The lowest BCUT2D eigenvalue weighted by molar-refractivity contribution is -0.122. The van der Waals surface area contributed by atoms with E-state index in [0.29, 0.717) is 13.1 Å². The Morgan fingerprint density at radius 2 is 2.04 bits per heavy atom. The minimum atomic E-state index is -0.417. The molecule has 1 aliphatic carbocycles. The van der Waals surface area contributed by atoms with Gasteiger partial charge < -0.3 is 10.6 Å². The van der Waals surface area contributed by atoms with E-state index < -0.39 is 6.03 Å². The predicted molar refractivity (Wildman–Crippen MR) is 97.1 cm³/mol. The van der Waals surface area contributed by atoms with Gasteiger partial charge in [-0.3, -0.25) is 15.0 Å². The fourth-order valence-electron chi connectivity index (χ4n) is 3.80. The number of nitrogens with zero attached hydrogens (tertiary/aromatic N) is 1. The summed E-state index contributed by atoms with van der Waals surface area (Å²) in [6.45, 7) is 2.18. The summed E-state index contributed by atoms with van der Waals surface area (Å²) in [7, 11) is 0. The molecule has 1 saturated heterocycles. The van der Waals surface area contributed by atoms with E-state index in [-0.39, 0.29) is 30.4 Å². The SMILES string of the molecule is O=C(CN1CCNCC1c1cccc(F)c1)NC(=O)NC1CCCCC1. The Kier molecular flexibility index (Phi) is 6.57. The molecule has 0 radical (unpaired) electrons. The van der Waals surface area contributed by atoms with Crippen LogP contribution in [0.3, 0.4) is 0 Å². The van der Waals surface area contributed by atoms with Gasteiger partial charge >= 0.3 is 6.03 Å². The summed E-state index contributed by atoms with van der Waals surface area (Å²) in [6.07, 6.45) is 5.40. The lowest BCUT2D eigenvalue weighted by Gasteiger charge is -2.36. The Labute approximate surface area is 153 Å². The molecule has 26 heavy (non-hydrogen) atoms. The van der Waals surface area contributed by atoms with E-state index in [1.165, 1.54) is 18.6 Å². The number of halogens is 1. The van der Waals surface area contributed by atoms with E-state index in [9.17, 15) is 14.0 Å². The number of piperazine rings is 1. The number of carbonyl (C=O) groups excluding carboxylic acids is 2. The van der Waals surface area contributed by atoms with E-state index in [4.69, 9.17) is 0 Å². The van der Waals surface area contributed by atoms with Crippen molar-refractivity contribution in [1.29, 1.82) is 0 Å². The van der Waals surface area contributed by atoms with Crippen LogP contribution in [-0.4, -0.2) is 49.1 Å². The van der Waals surface area contributed by atoms with Crippen LogP contribution in [0.5, 0.6) is 0 Å². The number of urea groups is 1. The van der Waals surface area contributed by atoms with Crippen LogP contribution in [0.2, 0.25) is 0 Å². The van der Waals surface area contributed by atoms with Crippen molar-refractivity contribution in [3.8, 4) is 0 Å². The van der Waals surface area contributed by atoms with Gasteiger partial charge in [0.1, 0.15) is 5.82 Å². The van der Waals surface area contributed by atoms with Crippen molar-refractivity contribution in [2.45, 2.75) is 44.2 Å². The quantitative estimate of drug-likeness (QED) is 0.765. The second kappa shape index (κ2) is 9.09. The first-order chi connectivity index (χ1) is 12.6. The van der Waals surface area contributed by atoms with Gasteiger partial charge in [-0.1, -0.05) is 31.4 Å². The zero-order valence-corrected chi connectivity index (χ0v) is 15.0.